The van der Waals surface area contributed by atoms with Crippen molar-refractivity contribution >= 4 is 37.3 Å². The van der Waals surface area contributed by atoms with Crippen LogP contribution in [-0.4, -0.2) is 52.7 Å². The molecule has 0 aliphatic carbocycles. The third-order valence-corrected chi connectivity index (χ3v) is 6.45. The number of nitrogens with one attached hydrogen (secondary N) is 1. The maximum absolute atomic E-state index is 12.4. The second kappa shape index (κ2) is 6.49. The van der Waals surface area contributed by atoms with E-state index in [2.05, 4.69) is 4.72 Å². The quantitative estimate of drug-likeness (QED) is 0.783. The van der Waals surface area contributed by atoms with Crippen LogP contribution in [0.3, 0.4) is 0 Å². The summed E-state index contributed by atoms with van der Waals surface area (Å²) in [4.78, 5) is 0.0270. The fraction of sp³-hybridized carbons (Fsp3) is 0.455. The van der Waals surface area contributed by atoms with Crippen LogP contribution in [0.25, 0.3) is 0 Å². The minimum atomic E-state index is -3.67. The van der Waals surface area contributed by atoms with Gasteiger partial charge in [0.2, 0.25) is 20.0 Å². The topological polar surface area (TPSA) is 92.8 Å². The molecule has 1 N–H and O–H groups in total. The second-order valence-electron chi connectivity index (χ2n) is 4.37. The molecule has 2 rings (SSSR count). The van der Waals surface area contributed by atoms with Crippen molar-refractivity contribution in [3.05, 3.63) is 24.3 Å². The Labute approximate surface area is 128 Å². The number of sulfonamides is 2. The molecule has 0 radical (unpaired) electrons. The lowest BCUT2D eigenvalue weighted by Crippen LogP contribution is -2.40. The predicted octanol–water partition coefficient (Wildman–Crippen LogP) is 0.645. The molecule has 0 bridgehead atoms. The molecule has 1 aliphatic heterocycles. The lowest BCUT2D eigenvalue weighted by molar-refractivity contribution is 0.0730. The van der Waals surface area contributed by atoms with E-state index in [1.165, 1.54) is 28.6 Å². The number of hydrogen-bond donors (Lipinski definition) is 1. The number of ether oxygens (including phenoxy) is 1. The van der Waals surface area contributed by atoms with E-state index in [1.807, 2.05) is 0 Å². The fourth-order valence-electron chi connectivity index (χ4n) is 1.86. The van der Waals surface area contributed by atoms with E-state index >= 15 is 0 Å². The van der Waals surface area contributed by atoms with Crippen LogP contribution < -0.4 is 4.72 Å². The van der Waals surface area contributed by atoms with E-state index < -0.39 is 25.3 Å². The smallest absolute Gasteiger partial charge is 0.246 e. The summed E-state index contributed by atoms with van der Waals surface area (Å²) in [6.07, 6.45) is 0. The predicted molar refractivity (Wildman–Crippen MR) is 79.3 cm³/mol. The molecule has 0 unspecified atom stereocenters. The molecular formula is C11H15ClN2O5S2. The van der Waals surface area contributed by atoms with Crippen LogP contribution in [0.5, 0.6) is 0 Å². The van der Waals surface area contributed by atoms with E-state index in [4.69, 9.17) is 16.3 Å². The Morgan fingerprint density at radius 3 is 2.48 bits per heavy atom. The molecule has 1 aliphatic rings. The highest BCUT2D eigenvalue weighted by atomic mass is 35.5. The summed E-state index contributed by atoms with van der Waals surface area (Å²) < 4.78 is 56.4. The Balaban J connectivity index is 2.28. The number of nitrogens with zero attached hydrogens (tertiary/aromatic N) is 1. The molecule has 118 valence electrons. The molecule has 0 atom stereocenters. The van der Waals surface area contributed by atoms with Gasteiger partial charge in [0, 0.05) is 18.8 Å². The number of morpholine rings is 1. The molecule has 10 heteroatoms. The standard InChI is InChI=1S/C11H15ClN2O5S2/c12-9-20(15,16)13-10-2-1-3-11(8-10)21(17,18)14-4-6-19-7-5-14/h1-3,8,13H,4-7,9H2. The molecule has 0 saturated carbocycles. The summed E-state index contributed by atoms with van der Waals surface area (Å²) in [5.74, 6) is 0. The SMILES string of the molecule is O=S(=O)(CCl)Nc1cccc(S(=O)(=O)N2CCOCC2)c1. The van der Waals surface area contributed by atoms with Crippen LogP contribution in [0.15, 0.2) is 29.2 Å². The van der Waals surface area contributed by atoms with Gasteiger partial charge in [-0.15, -0.1) is 11.6 Å². The summed E-state index contributed by atoms with van der Waals surface area (Å²) in [6.45, 7) is 1.25. The Bertz CT molecular complexity index is 699. The molecule has 0 amide bonds. The molecular weight excluding hydrogens is 340 g/mol. The van der Waals surface area contributed by atoms with Gasteiger partial charge < -0.3 is 4.74 Å². The lowest BCUT2D eigenvalue weighted by Gasteiger charge is -2.26. The maximum atomic E-state index is 12.4. The van der Waals surface area contributed by atoms with Gasteiger partial charge in [-0.05, 0) is 18.2 Å². The number of rotatable bonds is 5. The van der Waals surface area contributed by atoms with Crippen molar-refractivity contribution in [1.29, 1.82) is 0 Å². The third kappa shape index (κ3) is 4.07. The molecule has 0 aromatic heterocycles. The second-order valence-corrected chi connectivity index (χ2v) is 8.61. The number of halogens is 1. The van der Waals surface area contributed by atoms with E-state index in [0.29, 0.717) is 13.2 Å². The van der Waals surface area contributed by atoms with Crippen LogP contribution in [0.1, 0.15) is 0 Å². The molecule has 1 aromatic carbocycles. The number of alkyl halides is 1. The van der Waals surface area contributed by atoms with Crippen molar-refractivity contribution in [1.82, 2.24) is 4.31 Å². The van der Waals surface area contributed by atoms with Gasteiger partial charge in [-0.3, -0.25) is 4.72 Å². The van der Waals surface area contributed by atoms with Gasteiger partial charge in [0.1, 0.15) is 5.21 Å². The van der Waals surface area contributed by atoms with Gasteiger partial charge >= 0.3 is 0 Å². The van der Waals surface area contributed by atoms with Crippen LogP contribution in [0.2, 0.25) is 0 Å². The number of hydrogen-bond acceptors (Lipinski definition) is 5. The summed E-state index contributed by atoms with van der Waals surface area (Å²) in [5, 5.41) is -0.604. The van der Waals surface area contributed by atoms with Crippen LogP contribution >= 0.6 is 11.6 Å². The number of benzene rings is 1. The molecule has 21 heavy (non-hydrogen) atoms. The molecule has 1 fully saturated rings. The van der Waals surface area contributed by atoms with Crippen molar-refractivity contribution < 1.29 is 21.6 Å². The van der Waals surface area contributed by atoms with Crippen molar-refractivity contribution in [2.45, 2.75) is 4.90 Å². The zero-order valence-electron chi connectivity index (χ0n) is 11.0. The average molecular weight is 355 g/mol. The first kappa shape index (κ1) is 16.5. The molecule has 7 nitrogen and oxygen atoms in total. The Morgan fingerprint density at radius 2 is 1.86 bits per heavy atom. The van der Waals surface area contributed by atoms with Gasteiger partial charge in [0.05, 0.1) is 18.1 Å². The Hall–Kier alpha value is -0.870. The lowest BCUT2D eigenvalue weighted by atomic mass is 10.3. The molecule has 1 heterocycles. The van der Waals surface area contributed by atoms with Gasteiger partial charge in [-0.1, -0.05) is 6.07 Å². The fourth-order valence-corrected chi connectivity index (χ4v) is 4.02. The minimum absolute atomic E-state index is 0.0270. The monoisotopic (exact) mass is 354 g/mol. The molecule has 1 aromatic rings. The highest BCUT2D eigenvalue weighted by Gasteiger charge is 2.26. The number of anilines is 1. The largest absolute Gasteiger partial charge is 0.379 e. The van der Waals surface area contributed by atoms with E-state index in [9.17, 15) is 16.8 Å². The van der Waals surface area contributed by atoms with Crippen molar-refractivity contribution in [2.24, 2.45) is 0 Å². The van der Waals surface area contributed by atoms with Crippen LogP contribution in [-0.2, 0) is 24.8 Å². The van der Waals surface area contributed by atoms with Gasteiger partial charge in [0.15, 0.2) is 0 Å². The average Bonchev–Trinajstić information content (AvgIpc) is 2.48. The van der Waals surface area contributed by atoms with E-state index in [0.717, 1.165) is 0 Å². The zero-order valence-corrected chi connectivity index (χ0v) is 13.4. The van der Waals surface area contributed by atoms with Gasteiger partial charge in [0.25, 0.3) is 0 Å². The first-order chi connectivity index (χ1) is 9.85. The highest BCUT2D eigenvalue weighted by Crippen LogP contribution is 2.21. The third-order valence-electron chi connectivity index (χ3n) is 2.86. The first-order valence-corrected chi connectivity index (χ1v) is 9.72. The molecule has 0 spiro atoms. The van der Waals surface area contributed by atoms with Crippen LogP contribution in [0.4, 0.5) is 5.69 Å². The Kier molecular flexibility index (Phi) is 5.10. The Morgan fingerprint density at radius 1 is 1.19 bits per heavy atom. The van der Waals surface area contributed by atoms with Gasteiger partial charge in [-0.2, -0.15) is 4.31 Å². The summed E-state index contributed by atoms with van der Waals surface area (Å²) in [6, 6.07) is 5.63. The van der Waals surface area contributed by atoms with E-state index in [-0.39, 0.29) is 23.7 Å². The zero-order chi connectivity index (χ0) is 15.5. The van der Waals surface area contributed by atoms with E-state index in [1.54, 1.807) is 0 Å². The van der Waals surface area contributed by atoms with Crippen LogP contribution in [0, 0.1) is 0 Å². The van der Waals surface area contributed by atoms with Crippen molar-refractivity contribution in [2.75, 3.05) is 36.2 Å². The van der Waals surface area contributed by atoms with Gasteiger partial charge in [-0.25, -0.2) is 16.8 Å². The summed E-state index contributed by atoms with van der Waals surface area (Å²) >= 11 is 5.30. The maximum Gasteiger partial charge on any atom is 0.246 e. The first-order valence-electron chi connectivity index (χ1n) is 6.09. The normalized spacial score (nSPS) is 17.6. The van der Waals surface area contributed by atoms with Crippen molar-refractivity contribution in [3.8, 4) is 0 Å². The van der Waals surface area contributed by atoms with Crippen molar-refractivity contribution in [3.63, 3.8) is 0 Å². The minimum Gasteiger partial charge on any atom is -0.379 e. The highest BCUT2D eigenvalue weighted by molar-refractivity contribution is 7.93. The summed E-state index contributed by atoms with van der Waals surface area (Å²) in [7, 11) is -7.33. The summed E-state index contributed by atoms with van der Waals surface area (Å²) in [5.41, 5.74) is 0.157. The molecule has 1 saturated heterocycles.